The standard InChI is InChI=1S/C23H19FN4O3/c24-16-10-8-15(9-11-16)23(29)25-18-5-1-6-19-17(18)4-2-12-28(19)14-21-26-22(27-31-21)20-7-3-13-30-20/h1,3,5-11,13H,2,4,12,14H2,(H,25,29). The van der Waals surface area contributed by atoms with Gasteiger partial charge in [0.15, 0.2) is 5.76 Å². The Kier molecular flexibility index (Phi) is 4.95. The highest BCUT2D eigenvalue weighted by Gasteiger charge is 2.23. The molecule has 0 saturated carbocycles. The summed E-state index contributed by atoms with van der Waals surface area (Å²) in [4.78, 5) is 19.2. The van der Waals surface area contributed by atoms with Crippen LogP contribution in [0.25, 0.3) is 11.6 Å². The number of anilines is 2. The highest BCUT2D eigenvalue weighted by molar-refractivity contribution is 6.05. The maximum absolute atomic E-state index is 13.1. The summed E-state index contributed by atoms with van der Waals surface area (Å²) >= 11 is 0. The number of amides is 1. The number of hydrogen-bond donors (Lipinski definition) is 1. The fourth-order valence-corrected chi connectivity index (χ4v) is 3.77. The number of aromatic nitrogens is 2. The number of furan rings is 1. The van der Waals surface area contributed by atoms with Crippen LogP contribution in [0.3, 0.4) is 0 Å². The molecule has 1 aliphatic rings. The Morgan fingerprint density at radius 3 is 2.81 bits per heavy atom. The van der Waals surface area contributed by atoms with E-state index in [4.69, 9.17) is 8.94 Å². The Labute approximate surface area is 177 Å². The van der Waals surface area contributed by atoms with Crippen molar-refractivity contribution >= 4 is 17.3 Å². The smallest absolute Gasteiger partial charge is 0.255 e. The summed E-state index contributed by atoms with van der Waals surface area (Å²) in [5.41, 5.74) is 3.22. The molecule has 0 bridgehead atoms. The lowest BCUT2D eigenvalue weighted by Crippen LogP contribution is -2.29. The van der Waals surface area contributed by atoms with Gasteiger partial charge in [-0.1, -0.05) is 11.2 Å². The molecule has 156 valence electrons. The molecular formula is C23H19FN4O3. The van der Waals surface area contributed by atoms with Crippen molar-refractivity contribution < 1.29 is 18.1 Å². The first kappa shape index (κ1) is 19.0. The van der Waals surface area contributed by atoms with Crippen LogP contribution < -0.4 is 10.2 Å². The second-order valence-electron chi connectivity index (χ2n) is 7.28. The molecule has 5 rings (SSSR count). The summed E-state index contributed by atoms with van der Waals surface area (Å²) in [6, 6.07) is 14.8. The first-order valence-corrected chi connectivity index (χ1v) is 9.97. The summed E-state index contributed by atoms with van der Waals surface area (Å²) < 4.78 is 23.9. The molecule has 1 amide bonds. The quantitative estimate of drug-likeness (QED) is 0.507. The van der Waals surface area contributed by atoms with E-state index in [2.05, 4.69) is 20.4 Å². The van der Waals surface area contributed by atoms with Crippen molar-refractivity contribution in [2.24, 2.45) is 0 Å². The topological polar surface area (TPSA) is 84.4 Å². The molecule has 0 unspecified atom stereocenters. The zero-order chi connectivity index (χ0) is 21.2. The monoisotopic (exact) mass is 418 g/mol. The predicted molar refractivity (Wildman–Crippen MR) is 112 cm³/mol. The minimum absolute atomic E-state index is 0.273. The van der Waals surface area contributed by atoms with Crippen LogP contribution in [0.2, 0.25) is 0 Å². The normalized spacial score (nSPS) is 13.1. The Hall–Kier alpha value is -3.94. The van der Waals surface area contributed by atoms with E-state index in [0.717, 1.165) is 36.3 Å². The molecule has 1 aliphatic heterocycles. The van der Waals surface area contributed by atoms with Gasteiger partial charge >= 0.3 is 0 Å². The van der Waals surface area contributed by atoms with Gasteiger partial charge in [-0.15, -0.1) is 0 Å². The molecule has 1 N–H and O–H groups in total. The van der Waals surface area contributed by atoms with Crippen LogP contribution in [0.5, 0.6) is 0 Å². The number of fused-ring (bicyclic) bond motifs is 1. The zero-order valence-electron chi connectivity index (χ0n) is 16.5. The molecule has 0 radical (unpaired) electrons. The van der Waals surface area contributed by atoms with E-state index in [1.807, 2.05) is 18.2 Å². The van der Waals surface area contributed by atoms with Crippen molar-refractivity contribution in [2.75, 3.05) is 16.8 Å². The molecule has 2 aromatic heterocycles. The van der Waals surface area contributed by atoms with Crippen molar-refractivity contribution in [3.05, 3.63) is 83.7 Å². The van der Waals surface area contributed by atoms with Crippen molar-refractivity contribution in [1.82, 2.24) is 10.1 Å². The minimum atomic E-state index is -0.375. The molecular weight excluding hydrogens is 399 g/mol. The van der Waals surface area contributed by atoms with E-state index in [1.54, 1.807) is 18.4 Å². The van der Waals surface area contributed by atoms with Gasteiger partial charge in [-0.2, -0.15) is 4.98 Å². The van der Waals surface area contributed by atoms with Crippen LogP contribution >= 0.6 is 0 Å². The van der Waals surface area contributed by atoms with Crippen LogP contribution in [0, 0.1) is 5.82 Å². The summed E-state index contributed by atoms with van der Waals surface area (Å²) in [6.45, 7) is 1.29. The lowest BCUT2D eigenvalue weighted by molar-refractivity contribution is 0.102. The van der Waals surface area contributed by atoms with Gasteiger partial charge in [-0.25, -0.2) is 4.39 Å². The average Bonchev–Trinajstić information content (AvgIpc) is 3.47. The number of nitrogens with one attached hydrogen (secondary N) is 1. The van der Waals surface area contributed by atoms with Crippen molar-refractivity contribution in [3.8, 4) is 11.6 Å². The molecule has 0 fully saturated rings. The number of nitrogens with zero attached hydrogens (tertiary/aromatic N) is 3. The van der Waals surface area contributed by atoms with Crippen LogP contribution in [-0.4, -0.2) is 22.6 Å². The minimum Gasteiger partial charge on any atom is -0.461 e. The number of rotatable bonds is 5. The highest BCUT2D eigenvalue weighted by Crippen LogP contribution is 2.34. The van der Waals surface area contributed by atoms with E-state index < -0.39 is 0 Å². The van der Waals surface area contributed by atoms with Gasteiger partial charge in [0, 0.05) is 23.5 Å². The predicted octanol–water partition coefficient (Wildman–Crippen LogP) is 4.67. The van der Waals surface area contributed by atoms with Crippen molar-refractivity contribution in [1.29, 1.82) is 0 Å². The Morgan fingerprint density at radius 1 is 1.13 bits per heavy atom. The summed E-state index contributed by atoms with van der Waals surface area (Å²) in [5, 5.41) is 6.95. The SMILES string of the molecule is O=C(Nc1cccc2c1CCCN2Cc1nc(-c2ccco2)no1)c1ccc(F)cc1. The first-order chi connectivity index (χ1) is 15.2. The fourth-order valence-electron chi connectivity index (χ4n) is 3.77. The Balaban J connectivity index is 1.36. The third kappa shape index (κ3) is 3.92. The number of hydrogen-bond acceptors (Lipinski definition) is 6. The van der Waals surface area contributed by atoms with E-state index in [-0.39, 0.29) is 11.7 Å². The van der Waals surface area contributed by atoms with Crippen molar-refractivity contribution in [3.63, 3.8) is 0 Å². The third-order valence-corrected chi connectivity index (χ3v) is 5.24. The number of carbonyl (C=O) groups excluding carboxylic acids is 1. The second kappa shape index (κ2) is 8.06. The summed E-state index contributed by atoms with van der Waals surface area (Å²) in [7, 11) is 0. The molecule has 0 aliphatic carbocycles. The van der Waals surface area contributed by atoms with Gasteiger partial charge in [0.1, 0.15) is 5.82 Å². The zero-order valence-corrected chi connectivity index (χ0v) is 16.5. The van der Waals surface area contributed by atoms with E-state index in [0.29, 0.717) is 29.6 Å². The van der Waals surface area contributed by atoms with Crippen LogP contribution in [0.4, 0.5) is 15.8 Å². The van der Waals surface area contributed by atoms with Gasteiger partial charge in [-0.3, -0.25) is 4.79 Å². The number of benzene rings is 2. The lowest BCUT2D eigenvalue weighted by atomic mass is 9.99. The van der Waals surface area contributed by atoms with E-state index >= 15 is 0 Å². The summed E-state index contributed by atoms with van der Waals surface area (Å²) in [6.07, 6.45) is 3.33. The van der Waals surface area contributed by atoms with Crippen LogP contribution in [-0.2, 0) is 13.0 Å². The molecule has 8 heteroatoms. The molecule has 7 nitrogen and oxygen atoms in total. The van der Waals surface area contributed by atoms with Crippen LogP contribution in [0.15, 0.2) is 69.8 Å². The third-order valence-electron chi connectivity index (χ3n) is 5.24. The Bertz CT molecular complexity index is 1200. The largest absolute Gasteiger partial charge is 0.461 e. The lowest BCUT2D eigenvalue weighted by Gasteiger charge is -2.31. The van der Waals surface area contributed by atoms with Gasteiger partial charge in [0.05, 0.1) is 12.8 Å². The number of halogens is 1. The highest BCUT2D eigenvalue weighted by atomic mass is 19.1. The van der Waals surface area contributed by atoms with Crippen molar-refractivity contribution in [2.45, 2.75) is 19.4 Å². The molecule has 0 saturated heterocycles. The molecule has 3 heterocycles. The van der Waals surface area contributed by atoms with E-state index in [1.165, 1.54) is 24.3 Å². The Morgan fingerprint density at radius 2 is 2.00 bits per heavy atom. The molecule has 31 heavy (non-hydrogen) atoms. The molecule has 4 aromatic rings. The average molecular weight is 418 g/mol. The van der Waals surface area contributed by atoms with Gasteiger partial charge in [0.25, 0.3) is 5.91 Å². The number of carbonyl (C=O) groups is 1. The fraction of sp³-hybridized carbons (Fsp3) is 0.174. The van der Waals surface area contributed by atoms with Gasteiger partial charge in [-0.05, 0) is 66.9 Å². The first-order valence-electron chi connectivity index (χ1n) is 9.97. The van der Waals surface area contributed by atoms with Gasteiger partial charge in [0.2, 0.25) is 11.7 Å². The van der Waals surface area contributed by atoms with E-state index in [9.17, 15) is 9.18 Å². The molecule has 2 aromatic carbocycles. The molecule has 0 atom stereocenters. The second-order valence-corrected chi connectivity index (χ2v) is 7.28. The van der Waals surface area contributed by atoms with Gasteiger partial charge < -0.3 is 19.2 Å². The molecule has 0 spiro atoms. The maximum Gasteiger partial charge on any atom is 0.255 e. The maximum atomic E-state index is 13.1. The van der Waals surface area contributed by atoms with Crippen LogP contribution in [0.1, 0.15) is 28.2 Å². The summed E-state index contributed by atoms with van der Waals surface area (Å²) in [5.74, 6) is 0.809.